The van der Waals surface area contributed by atoms with Crippen molar-refractivity contribution < 1.29 is 55.7 Å². The molecule has 0 heterocycles. The molecule has 0 amide bonds. The first kappa shape index (κ1) is 15.0. The van der Waals surface area contributed by atoms with Crippen LogP contribution in [0.3, 0.4) is 0 Å². The van der Waals surface area contributed by atoms with Crippen LogP contribution in [0.25, 0.3) is 0 Å². The van der Waals surface area contributed by atoms with Gasteiger partial charge >= 0.3 is 83.3 Å². The number of halogens is 6. The van der Waals surface area contributed by atoms with Gasteiger partial charge < -0.3 is 0 Å². The predicted molar refractivity (Wildman–Crippen MR) is 29.9 cm³/mol. The number of hydrogen-bond donors (Lipinski definition) is 0. The molecule has 0 aromatic rings. The van der Waals surface area contributed by atoms with Gasteiger partial charge in [0.05, 0.1) is 0 Å². The van der Waals surface area contributed by atoms with E-state index in [1.54, 1.807) is 0 Å². The van der Waals surface area contributed by atoms with Crippen molar-refractivity contribution in [2.24, 2.45) is 0 Å². The van der Waals surface area contributed by atoms with Gasteiger partial charge in [0.25, 0.3) is 0 Å². The zero-order valence-corrected chi connectivity index (χ0v) is 8.72. The molecule has 0 saturated carbocycles. The first-order valence-corrected chi connectivity index (χ1v) is 7.73. The van der Waals surface area contributed by atoms with Gasteiger partial charge in [-0.05, 0) is 0 Å². The van der Waals surface area contributed by atoms with Crippen LogP contribution in [0.15, 0.2) is 0 Å². The molecule has 0 aliphatic carbocycles. The third-order valence-corrected chi connectivity index (χ3v) is 8.47. The van der Waals surface area contributed by atoms with Crippen molar-refractivity contribution in [3.05, 3.63) is 0 Å². The monoisotopic (exact) mass is 325 g/mol. The summed E-state index contributed by atoms with van der Waals surface area (Å²) >= 11 is -2.72. The van der Waals surface area contributed by atoms with Crippen LogP contribution in [-0.4, -0.2) is 27.9 Å². The number of rotatable bonds is 2. The van der Waals surface area contributed by atoms with Crippen LogP contribution in [0.1, 0.15) is 0 Å². The van der Waals surface area contributed by atoms with Gasteiger partial charge in [0.2, 0.25) is 0 Å². The molecule has 0 aromatic heterocycles. The van der Waals surface area contributed by atoms with E-state index in [4.69, 9.17) is 0 Å². The van der Waals surface area contributed by atoms with Gasteiger partial charge in [0, 0.05) is 0 Å². The standard InChI is InChI=1S/2CF3O2S.Co/c2*2-1(3,4)7(5)6;. The maximum atomic E-state index is 11.5. The van der Waals surface area contributed by atoms with Crippen molar-refractivity contribution in [1.29, 1.82) is 0 Å². The summed E-state index contributed by atoms with van der Waals surface area (Å²) < 4.78 is 110. The molecule has 4 nitrogen and oxygen atoms in total. The molecule has 0 unspecified atom stereocenters. The molecule has 95 valence electrons. The van der Waals surface area contributed by atoms with E-state index < -0.39 is 40.1 Å². The van der Waals surface area contributed by atoms with Crippen molar-refractivity contribution in [3.63, 3.8) is 0 Å². The van der Waals surface area contributed by atoms with Gasteiger partial charge in [0.15, 0.2) is 0 Å². The Morgan fingerprint density at radius 1 is 0.667 bits per heavy atom. The quantitative estimate of drug-likeness (QED) is 0.703. The van der Waals surface area contributed by atoms with E-state index in [0.29, 0.717) is 0 Å². The van der Waals surface area contributed by atoms with Crippen LogP contribution in [0.4, 0.5) is 26.3 Å². The van der Waals surface area contributed by atoms with Crippen LogP contribution in [0.5, 0.6) is 0 Å². The molecule has 0 N–H and O–H groups in total. The Labute approximate surface area is 83.6 Å². The summed E-state index contributed by atoms with van der Waals surface area (Å²) in [6, 6.07) is 0. The first-order valence-electron chi connectivity index (χ1n) is 2.48. The molecule has 0 radical (unpaired) electrons. The first-order chi connectivity index (χ1) is 6.21. The van der Waals surface area contributed by atoms with Crippen LogP contribution in [-0.2, 0) is 29.1 Å². The van der Waals surface area contributed by atoms with Crippen molar-refractivity contribution in [3.8, 4) is 0 Å². The Balaban J connectivity index is 5.28. The van der Waals surface area contributed by atoms with Gasteiger partial charge in [0.1, 0.15) is 0 Å². The second-order valence-electron chi connectivity index (χ2n) is 1.77. The Kier molecular flexibility index (Phi) is 3.77. The van der Waals surface area contributed by atoms with Gasteiger partial charge in [-0.3, -0.25) is 0 Å². The molecule has 0 saturated heterocycles. The summed E-state index contributed by atoms with van der Waals surface area (Å²) in [6.45, 7) is 0. The molecule has 0 rings (SSSR count). The number of hydrogen-bond acceptors (Lipinski definition) is 4. The normalized spacial score (nSPS) is 15.6. The van der Waals surface area contributed by atoms with Crippen molar-refractivity contribution in [2.45, 2.75) is 11.0 Å². The molecule has 0 fully saturated rings. The Morgan fingerprint density at radius 3 is 1.00 bits per heavy atom. The van der Waals surface area contributed by atoms with Gasteiger partial charge in [-0.15, -0.1) is 0 Å². The minimum atomic E-state index is -6.38. The molecule has 0 spiro atoms. The van der Waals surface area contributed by atoms with Crippen LogP contribution >= 0.6 is 0 Å². The van der Waals surface area contributed by atoms with Crippen molar-refractivity contribution >= 4 is 16.6 Å². The molecule has 0 aromatic carbocycles. The second-order valence-corrected chi connectivity index (χ2v) is 9.72. The summed E-state index contributed by atoms with van der Waals surface area (Å²) in [6.07, 6.45) is 0. The molecule has 0 aliphatic heterocycles. The summed E-state index contributed by atoms with van der Waals surface area (Å²) in [5.74, 6) is 0. The molecule has 0 bridgehead atoms. The fourth-order valence-electron chi connectivity index (χ4n) is 0.159. The molecular formula is C2CoF6O4S2. The van der Waals surface area contributed by atoms with Gasteiger partial charge in [-0.25, -0.2) is 0 Å². The SMILES string of the molecule is O=[S](=O)([Co][S](=O)(=O)C(F)(F)F)C(F)(F)F. The Hall–Kier alpha value is -0.0135. The third-order valence-electron chi connectivity index (χ3n) is 0.679. The Morgan fingerprint density at radius 2 is 0.867 bits per heavy atom. The molecule has 0 atom stereocenters. The molecule has 13 heteroatoms. The third kappa shape index (κ3) is 3.49. The van der Waals surface area contributed by atoms with E-state index in [1.165, 1.54) is 0 Å². The van der Waals surface area contributed by atoms with E-state index >= 15 is 0 Å². The van der Waals surface area contributed by atoms with Gasteiger partial charge in [-0.1, -0.05) is 0 Å². The second kappa shape index (κ2) is 3.78. The predicted octanol–water partition coefficient (Wildman–Crippen LogP) is 0.768. The van der Waals surface area contributed by atoms with E-state index in [1.807, 2.05) is 0 Å². The van der Waals surface area contributed by atoms with E-state index in [-0.39, 0.29) is 0 Å². The average Bonchev–Trinajstić information content (AvgIpc) is 1.77. The molecular weight excluding hydrogens is 325 g/mol. The van der Waals surface area contributed by atoms with Crippen molar-refractivity contribution in [2.75, 3.05) is 0 Å². The van der Waals surface area contributed by atoms with E-state index in [0.717, 1.165) is 0 Å². The van der Waals surface area contributed by atoms with Crippen LogP contribution < -0.4 is 0 Å². The fraction of sp³-hybridized carbons (Fsp3) is 1.00. The summed E-state index contributed by atoms with van der Waals surface area (Å²) in [4.78, 5) is 0. The summed E-state index contributed by atoms with van der Waals surface area (Å²) in [7, 11) is -12.8. The average molecular weight is 325 g/mol. The number of alkyl halides is 6. The zero-order chi connectivity index (χ0) is 12.7. The summed E-state index contributed by atoms with van der Waals surface area (Å²) in [5, 5.41) is 0. The van der Waals surface area contributed by atoms with Gasteiger partial charge in [-0.2, -0.15) is 0 Å². The Bertz CT molecular complexity index is 385. The van der Waals surface area contributed by atoms with E-state index in [2.05, 4.69) is 0 Å². The van der Waals surface area contributed by atoms with Crippen molar-refractivity contribution in [1.82, 2.24) is 0 Å². The fourth-order valence-corrected chi connectivity index (χ4v) is 5.91. The minimum absolute atomic E-state index is 2.72. The van der Waals surface area contributed by atoms with Crippen LogP contribution in [0, 0.1) is 0 Å². The maximum absolute atomic E-state index is 11.5. The van der Waals surface area contributed by atoms with Crippen LogP contribution in [0.2, 0.25) is 0 Å². The molecule has 0 aliphatic rings. The zero-order valence-electron chi connectivity index (χ0n) is 6.05. The molecule has 15 heavy (non-hydrogen) atoms. The summed E-state index contributed by atoms with van der Waals surface area (Å²) in [5.41, 5.74) is -12.1. The topological polar surface area (TPSA) is 68.3 Å². The van der Waals surface area contributed by atoms with E-state index in [9.17, 15) is 43.2 Å².